The van der Waals surface area contributed by atoms with Crippen LogP contribution in [0, 0.1) is 0 Å². The molecule has 2 aliphatic rings. The Bertz CT molecular complexity index is 1090. The lowest BCUT2D eigenvalue weighted by Gasteiger charge is -2.25. The van der Waals surface area contributed by atoms with Gasteiger partial charge in [-0.15, -0.1) is 0 Å². The molecule has 2 heteroatoms. The highest BCUT2D eigenvalue weighted by Gasteiger charge is 2.17. The quantitative estimate of drug-likeness (QED) is 0.170. The van der Waals surface area contributed by atoms with Gasteiger partial charge in [-0.1, -0.05) is 119 Å². The van der Waals surface area contributed by atoms with Gasteiger partial charge < -0.3 is 9.47 Å². The molecule has 0 bridgehead atoms. The molecule has 2 aromatic rings. The van der Waals surface area contributed by atoms with Crippen LogP contribution in [0.3, 0.4) is 0 Å². The van der Waals surface area contributed by atoms with E-state index in [9.17, 15) is 0 Å². The normalized spacial score (nSPS) is 17.1. The summed E-state index contributed by atoms with van der Waals surface area (Å²) in [4.78, 5) is 0. The molecule has 2 aliphatic carbocycles. The van der Waals surface area contributed by atoms with Gasteiger partial charge in [0.15, 0.2) is 0 Å². The number of allylic oxidation sites excluding steroid dienone is 6. The van der Waals surface area contributed by atoms with E-state index in [1.54, 1.807) is 0 Å². The van der Waals surface area contributed by atoms with E-state index in [-0.39, 0.29) is 0 Å². The van der Waals surface area contributed by atoms with Crippen molar-refractivity contribution in [3.8, 4) is 16.9 Å². The second kappa shape index (κ2) is 16.4. The molecule has 0 spiro atoms. The first-order valence-corrected chi connectivity index (χ1v) is 15.8. The Morgan fingerprint density at radius 3 is 2.18 bits per heavy atom. The highest BCUT2D eigenvalue weighted by molar-refractivity contribution is 5.87. The maximum atomic E-state index is 6.36. The summed E-state index contributed by atoms with van der Waals surface area (Å²) in [5.74, 6) is 2.06. The topological polar surface area (TPSA) is 18.5 Å². The third-order valence-electron chi connectivity index (χ3n) is 8.26. The first-order valence-electron chi connectivity index (χ1n) is 15.8. The molecular formula is C37H50O2. The smallest absolute Gasteiger partial charge is 0.119 e. The van der Waals surface area contributed by atoms with E-state index in [0.29, 0.717) is 6.10 Å². The van der Waals surface area contributed by atoms with Gasteiger partial charge >= 0.3 is 0 Å². The van der Waals surface area contributed by atoms with E-state index in [0.717, 1.165) is 31.0 Å². The molecule has 0 saturated heterocycles. The average Bonchev–Trinajstić information content (AvgIpc) is 2.99. The second-order valence-corrected chi connectivity index (χ2v) is 11.4. The number of unbranched alkanes of at least 4 members (excludes halogenated alkanes) is 8. The van der Waals surface area contributed by atoms with Crippen molar-refractivity contribution >= 4 is 5.57 Å². The van der Waals surface area contributed by atoms with E-state index in [1.165, 1.54) is 111 Å². The summed E-state index contributed by atoms with van der Waals surface area (Å²) in [6.45, 7) is 5.21. The molecule has 0 N–H and O–H groups in total. The molecule has 2 aromatic carbocycles. The first-order chi connectivity index (χ1) is 19.2. The molecule has 210 valence electrons. The number of hydrogen-bond acceptors (Lipinski definition) is 2. The molecule has 39 heavy (non-hydrogen) atoms. The van der Waals surface area contributed by atoms with Crippen LogP contribution in [0.1, 0.15) is 116 Å². The van der Waals surface area contributed by atoms with Gasteiger partial charge in [-0.3, -0.25) is 0 Å². The SMILES string of the molecule is CCCCCCCCCCCOc1ccc(-c2ccccc2)c(C2=CCC(=C(C)OC3CCCCC3)C=C2)c1. The third-order valence-corrected chi connectivity index (χ3v) is 8.26. The van der Waals surface area contributed by atoms with Gasteiger partial charge in [0.2, 0.25) is 0 Å². The van der Waals surface area contributed by atoms with Gasteiger partial charge in [0.1, 0.15) is 5.75 Å². The van der Waals surface area contributed by atoms with Crippen LogP contribution in [0.25, 0.3) is 16.7 Å². The molecule has 0 radical (unpaired) electrons. The molecule has 0 heterocycles. The van der Waals surface area contributed by atoms with Crippen molar-refractivity contribution in [2.75, 3.05) is 6.61 Å². The third kappa shape index (κ3) is 9.45. The molecule has 0 aliphatic heterocycles. The highest BCUT2D eigenvalue weighted by atomic mass is 16.5. The van der Waals surface area contributed by atoms with Crippen molar-refractivity contribution in [3.63, 3.8) is 0 Å². The lowest BCUT2D eigenvalue weighted by Crippen LogP contribution is -2.16. The zero-order chi connectivity index (χ0) is 27.1. The van der Waals surface area contributed by atoms with Crippen molar-refractivity contribution < 1.29 is 9.47 Å². The summed E-state index contributed by atoms with van der Waals surface area (Å²) < 4.78 is 12.6. The lowest BCUT2D eigenvalue weighted by atomic mass is 9.90. The van der Waals surface area contributed by atoms with Crippen molar-refractivity contribution in [1.29, 1.82) is 0 Å². The van der Waals surface area contributed by atoms with Gasteiger partial charge in [0.05, 0.1) is 18.5 Å². The molecule has 1 saturated carbocycles. The first kappa shape index (κ1) is 29.2. The standard InChI is InChI=1S/C37H50O2/c1-3-4-5-6-7-8-9-10-17-28-38-35-26-27-36(32-18-13-11-14-19-32)37(29-35)33-24-22-31(23-25-33)30(2)39-34-20-15-12-16-21-34/h11,13-14,18-19,22,24-27,29,34H,3-10,12,15-17,20-21,23,28H2,1-2H3. The Kier molecular flexibility index (Phi) is 12.3. The fraction of sp³-hybridized carbons (Fsp3) is 0.514. The molecular weight excluding hydrogens is 476 g/mol. The summed E-state index contributed by atoms with van der Waals surface area (Å²) in [5, 5.41) is 0. The Morgan fingerprint density at radius 1 is 0.769 bits per heavy atom. The minimum absolute atomic E-state index is 0.398. The van der Waals surface area contributed by atoms with Crippen molar-refractivity contribution in [3.05, 3.63) is 83.7 Å². The Hall–Kier alpha value is -2.74. The van der Waals surface area contributed by atoms with Gasteiger partial charge in [0.25, 0.3) is 0 Å². The van der Waals surface area contributed by atoms with Crippen LogP contribution in [-0.2, 0) is 4.74 Å². The van der Waals surface area contributed by atoms with E-state index in [1.807, 2.05) is 0 Å². The zero-order valence-corrected chi connectivity index (χ0v) is 24.6. The Labute approximate surface area is 238 Å². The van der Waals surface area contributed by atoms with Crippen LogP contribution in [0.2, 0.25) is 0 Å². The minimum Gasteiger partial charge on any atom is -0.495 e. The van der Waals surface area contributed by atoms with Gasteiger partial charge in [0, 0.05) is 0 Å². The highest BCUT2D eigenvalue weighted by Crippen LogP contribution is 2.36. The van der Waals surface area contributed by atoms with Crippen LogP contribution < -0.4 is 4.74 Å². The fourth-order valence-corrected chi connectivity index (χ4v) is 5.84. The van der Waals surface area contributed by atoms with Crippen LogP contribution in [0.4, 0.5) is 0 Å². The molecule has 2 nitrogen and oxygen atoms in total. The molecule has 1 fully saturated rings. The Balaban J connectivity index is 1.36. The van der Waals surface area contributed by atoms with E-state index >= 15 is 0 Å². The summed E-state index contributed by atoms with van der Waals surface area (Å²) in [6, 6.07) is 17.3. The molecule has 0 amide bonds. The number of hydrogen-bond donors (Lipinski definition) is 0. The predicted octanol–water partition coefficient (Wildman–Crippen LogP) is 11.2. The van der Waals surface area contributed by atoms with Gasteiger partial charge in [-0.25, -0.2) is 0 Å². The molecule has 0 aromatic heterocycles. The van der Waals surface area contributed by atoms with Gasteiger partial charge in [-0.05, 0) is 85.4 Å². The van der Waals surface area contributed by atoms with Crippen LogP contribution in [-0.4, -0.2) is 12.7 Å². The minimum atomic E-state index is 0.398. The van der Waals surface area contributed by atoms with Crippen LogP contribution in [0.15, 0.2) is 78.1 Å². The lowest BCUT2D eigenvalue weighted by molar-refractivity contribution is 0.0819. The van der Waals surface area contributed by atoms with E-state index in [4.69, 9.17) is 9.47 Å². The van der Waals surface area contributed by atoms with E-state index < -0.39 is 0 Å². The largest absolute Gasteiger partial charge is 0.495 e. The second-order valence-electron chi connectivity index (χ2n) is 11.4. The molecule has 0 atom stereocenters. The van der Waals surface area contributed by atoms with Crippen molar-refractivity contribution in [1.82, 2.24) is 0 Å². The maximum absolute atomic E-state index is 6.36. The number of ether oxygens (including phenoxy) is 2. The molecule has 4 rings (SSSR count). The number of rotatable bonds is 15. The zero-order valence-electron chi connectivity index (χ0n) is 24.6. The summed E-state index contributed by atoms with van der Waals surface area (Å²) >= 11 is 0. The van der Waals surface area contributed by atoms with Gasteiger partial charge in [-0.2, -0.15) is 0 Å². The molecule has 0 unspecified atom stereocenters. The summed E-state index contributed by atoms with van der Waals surface area (Å²) in [7, 11) is 0. The number of benzene rings is 2. The maximum Gasteiger partial charge on any atom is 0.119 e. The van der Waals surface area contributed by atoms with Crippen LogP contribution in [0.5, 0.6) is 5.75 Å². The van der Waals surface area contributed by atoms with Crippen molar-refractivity contribution in [2.45, 2.75) is 116 Å². The summed E-state index contributed by atoms with van der Waals surface area (Å²) in [5.41, 5.74) is 6.29. The Morgan fingerprint density at radius 2 is 1.49 bits per heavy atom. The summed E-state index contributed by atoms with van der Waals surface area (Å²) in [6.07, 6.45) is 26.5. The predicted molar refractivity (Wildman–Crippen MR) is 167 cm³/mol. The van der Waals surface area contributed by atoms with E-state index in [2.05, 4.69) is 80.6 Å². The average molecular weight is 527 g/mol. The monoisotopic (exact) mass is 526 g/mol. The fourth-order valence-electron chi connectivity index (χ4n) is 5.84. The van der Waals surface area contributed by atoms with Crippen LogP contribution >= 0.6 is 0 Å². The van der Waals surface area contributed by atoms with Crippen molar-refractivity contribution in [2.24, 2.45) is 0 Å².